The van der Waals surface area contributed by atoms with E-state index in [2.05, 4.69) is 306 Å². The van der Waals surface area contributed by atoms with Crippen LogP contribution in [0.2, 0.25) is 0 Å². The van der Waals surface area contributed by atoms with Crippen molar-refractivity contribution in [2.75, 3.05) is 9.80 Å². The summed E-state index contributed by atoms with van der Waals surface area (Å²) in [7, 11) is 0. The Labute approximate surface area is 500 Å². The van der Waals surface area contributed by atoms with Gasteiger partial charge in [0.25, 0.3) is 6.71 Å². The topological polar surface area (TPSA) is 59.0 Å². The molecule has 16 rings (SSSR count). The van der Waals surface area contributed by atoms with Gasteiger partial charge in [-0.25, -0.2) is 0 Å². The molecule has 13 aromatic carbocycles. The van der Waals surface area contributed by atoms with E-state index in [1.165, 1.54) is 16.4 Å². The summed E-state index contributed by atoms with van der Waals surface area (Å²) < 4.78 is 2.33. The Bertz CT molecular complexity index is 4750. The fourth-order valence-electron chi connectivity index (χ4n) is 13.5. The minimum absolute atomic E-state index is 0.0932. The van der Waals surface area contributed by atoms with Crippen LogP contribution in [0.1, 0.15) is 11.1 Å². The highest BCUT2D eigenvalue weighted by Gasteiger charge is 2.44. The van der Waals surface area contributed by atoms with Crippen molar-refractivity contribution in [2.24, 2.45) is 0 Å². The van der Waals surface area contributed by atoms with Crippen LogP contribution in [0.5, 0.6) is 0 Å². The largest absolute Gasteiger partial charge is 0.311 e. The molecule has 0 aliphatic carbocycles. The molecular weight excluding hydrogens is 1040 g/mol. The predicted molar refractivity (Wildman–Crippen MR) is 357 cm³/mol. The van der Waals surface area contributed by atoms with Crippen LogP contribution < -0.4 is 26.2 Å². The van der Waals surface area contributed by atoms with Gasteiger partial charge in [-0.1, -0.05) is 200 Å². The Hall–Kier alpha value is -11.7. The molecule has 6 heteroatoms. The van der Waals surface area contributed by atoms with Gasteiger partial charge in [0.2, 0.25) is 0 Å². The SMILES string of the molecule is N#Cc1cc(C#N)cc(-c2ccccc2-n2c3ccccc3c3cc(-c4cc5c6c(c4)N(c4cc(-c7ccccc7)cc(-c7ccccc7)c4)c4ccccc4B6c4ccccc4N5c4cc(-c5ccccc5)cc(-c5ccccc5)c4)ccc32)c1. The zero-order chi connectivity index (χ0) is 57.2. The van der Waals surface area contributed by atoms with Gasteiger partial charge in [0.1, 0.15) is 0 Å². The van der Waals surface area contributed by atoms with E-state index >= 15 is 0 Å². The van der Waals surface area contributed by atoms with Crippen molar-refractivity contribution in [1.29, 1.82) is 10.5 Å². The molecule has 5 nitrogen and oxygen atoms in total. The van der Waals surface area contributed by atoms with Gasteiger partial charge in [-0.3, -0.25) is 0 Å². The van der Waals surface area contributed by atoms with Crippen molar-refractivity contribution in [2.45, 2.75) is 0 Å². The monoisotopic (exact) mass is 1090 g/mol. The predicted octanol–water partition coefficient (Wildman–Crippen LogP) is 18.6. The summed E-state index contributed by atoms with van der Waals surface area (Å²) in [6.45, 7) is -0.0932. The highest BCUT2D eigenvalue weighted by atomic mass is 15.2. The number of aromatic nitrogens is 1. The molecule has 1 aromatic heterocycles. The molecule has 0 spiro atoms. The van der Waals surface area contributed by atoms with Gasteiger partial charge in [-0.05, 0) is 181 Å². The quantitative estimate of drug-likeness (QED) is 0.135. The first kappa shape index (κ1) is 50.1. The van der Waals surface area contributed by atoms with Gasteiger partial charge in [0.05, 0.1) is 40.0 Å². The molecule has 0 radical (unpaired) electrons. The fraction of sp³-hybridized carbons (Fsp3) is 0. The van der Waals surface area contributed by atoms with Crippen molar-refractivity contribution in [1.82, 2.24) is 4.57 Å². The second kappa shape index (κ2) is 20.6. The molecule has 86 heavy (non-hydrogen) atoms. The first-order chi connectivity index (χ1) is 42.5. The zero-order valence-corrected chi connectivity index (χ0v) is 46.7. The van der Waals surface area contributed by atoms with Crippen LogP contribution in [0.4, 0.5) is 34.1 Å². The summed E-state index contributed by atoms with van der Waals surface area (Å²) in [6, 6.07) is 114. The molecule has 398 valence electrons. The molecule has 0 fully saturated rings. The maximum Gasteiger partial charge on any atom is 0.252 e. The molecule has 0 saturated carbocycles. The van der Waals surface area contributed by atoms with E-state index in [1.54, 1.807) is 6.07 Å². The number of hydrogen-bond acceptors (Lipinski definition) is 4. The van der Waals surface area contributed by atoms with E-state index < -0.39 is 0 Å². The molecular formula is C80H50BN5. The summed E-state index contributed by atoms with van der Waals surface area (Å²) in [6.07, 6.45) is 0. The number of anilines is 6. The van der Waals surface area contributed by atoms with Crippen molar-refractivity contribution >= 4 is 79.0 Å². The van der Waals surface area contributed by atoms with Gasteiger partial charge in [0.15, 0.2) is 0 Å². The second-order valence-electron chi connectivity index (χ2n) is 22.3. The molecule has 2 aliphatic rings. The van der Waals surface area contributed by atoms with Crippen LogP contribution in [0.15, 0.2) is 303 Å². The van der Waals surface area contributed by atoms with E-state index in [0.717, 1.165) is 128 Å². The third kappa shape index (κ3) is 8.39. The average Bonchev–Trinajstić information content (AvgIpc) is 1.08. The van der Waals surface area contributed by atoms with Crippen LogP contribution in [0, 0.1) is 22.7 Å². The Morgan fingerprint density at radius 3 is 1.16 bits per heavy atom. The van der Waals surface area contributed by atoms with E-state index in [-0.39, 0.29) is 6.71 Å². The van der Waals surface area contributed by atoms with E-state index in [4.69, 9.17) is 0 Å². The summed E-state index contributed by atoms with van der Waals surface area (Å²) in [5.41, 5.74) is 27.3. The summed E-state index contributed by atoms with van der Waals surface area (Å²) in [4.78, 5) is 5.07. The number of nitrogens with zero attached hydrogens (tertiary/aromatic N) is 5. The number of nitriles is 2. The van der Waals surface area contributed by atoms with Gasteiger partial charge in [-0.15, -0.1) is 0 Å². The van der Waals surface area contributed by atoms with Crippen LogP contribution in [-0.4, -0.2) is 11.3 Å². The van der Waals surface area contributed by atoms with Crippen LogP contribution in [0.25, 0.3) is 94.3 Å². The lowest BCUT2D eigenvalue weighted by Crippen LogP contribution is -2.61. The molecule has 2 aliphatic heterocycles. The van der Waals surface area contributed by atoms with Gasteiger partial charge < -0.3 is 14.4 Å². The van der Waals surface area contributed by atoms with E-state index in [0.29, 0.717) is 11.1 Å². The minimum atomic E-state index is -0.0932. The Balaban J connectivity index is 0.983. The number of rotatable bonds is 9. The third-order valence-corrected chi connectivity index (χ3v) is 17.3. The first-order valence-corrected chi connectivity index (χ1v) is 29.1. The average molecular weight is 1090 g/mol. The number of benzene rings is 13. The smallest absolute Gasteiger partial charge is 0.252 e. The van der Waals surface area contributed by atoms with Crippen molar-refractivity contribution in [3.8, 4) is 84.6 Å². The molecule has 14 aromatic rings. The Morgan fingerprint density at radius 1 is 0.267 bits per heavy atom. The zero-order valence-electron chi connectivity index (χ0n) is 46.7. The maximum atomic E-state index is 10.1. The van der Waals surface area contributed by atoms with Gasteiger partial charge in [-0.2, -0.15) is 10.5 Å². The fourth-order valence-corrected chi connectivity index (χ4v) is 13.5. The van der Waals surface area contributed by atoms with Crippen molar-refractivity contribution in [3.63, 3.8) is 0 Å². The molecule has 0 saturated heterocycles. The summed E-state index contributed by atoms with van der Waals surface area (Å²) >= 11 is 0. The molecule has 0 unspecified atom stereocenters. The maximum absolute atomic E-state index is 10.1. The summed E-state index contributed by atoms with van der Waals surface area (Å²) in [5, 5.41) is 22.4. The molecule has 3 heterocycles. The minimum Gasteiger partial charge on any atom is -0.311 e. The lowest BCUT2D eigenvalue weighted by Gasteiger charge is -2.44. The number of fused-ring (bicyclic) bond motifs is 7. The van der Waals surface area contributed by atoms with E-state index in [1.807, 2.05) is 18.2 Å². The van der Waals surface area contributed by atoms with Crippen LogP contribution in [-0.2, 0) is 0 Å². The lowest BCUT2D eigenvalue weighted by atomic mass is 9.33. The lowest BCUT2D eigenvalue weighted by molar-refractivity contribution is 1.18. The van der Waals surface area contributed by atoms with Crippen molar-refractivity contribution in [3.05, 3.63) is 314 Å². The third-order valence-electron chi connectivity index (χ3n) is 17.3. The van der Waals surface area contributed by atoms with Gasteiger partial charge in [0, 0.05) is 50.5 Å². The normalized spacial score (nSPS) is 12.1. The Morgan fingerprint density at radius 2 is 0.674 bits per heavy atom. The number of para-hydroxylation sites is 4. The van der Waals surface area contributed by atoms with Gasteiger partial charge >= 0.3 is 0 Å². The van der Waals surface area contributed by atoms with Crippen molar-refractivity contribution < 1.29 is 0 Å². The Kier molecular flexibility index (Phi) is 12.0. The first-order valence-electron chi connectivity index (χ1n) is 29.1. The molecule has 0 N–H and O–H groups in total. The highest BCUT2D eigenvalue weighted by molar-refractivity contribution is 7.00. The second-order valence-corrected chi connectivity index (χ2v) is 22.3. The van der Waals surface area contributed by atoms with E-state index in [9.17, 15) is 10.5 Å². The summed E-state index contributed by atoms with van der Waals surface area (Å²) in [5.74, 6) is 0. The van der Waals surface area contributed by atoms with Crippen LogP contribution >= 0.6 is 0 Å². The molecule has 0 atom stereocenters. The molecule has 0 bridgehead atoms. The van der Waals surface area contributed by atoms with Crippen LogP contribution in [0.3, 0.4) is 0 Å². The highest BCUT2D eigenvalue weighted by Crippen LogP contribution is 2.49. The molecule has 0 amide bonds. The number of hydrogen-bond donors (Lipinski definition) is 0. The standard InChI is InChI=1S/C80H50BN5/c82-51-53-39-54(52-83)41-65(40-53)68-29-13-17-33-73(68)86-74-34-18-14-30-69(74)70-48-59(37-38-75(70)86)64-49-78-80-79(50-64)85(67-46-62(57-25-9-3-10-26-57)43-63(47-67)58-27-11-4-12-28-58)77-36-20-16-32-72(77)81(80)71-31-15-19-35-76(71)84(78)66-44-60(55-21-5-1-6-22-55)42-61(45-66)56-23-7-2-8-24-56/h1-50H.